The summed E-state index contributed by atoms with van der Waals surface area (Å²) in [6.07, 6.45) is 1.91. The number of hydrogen-bond donors (Lipinski definition) is 1. The maximum Gasteiger partial charge on any atom is 0.254 e. The summed E-state index contributed by atoms with van der Waals surface area (Å²) in [5.74, 6) is -0.349. The minimum Gasteiger partial charge on any atom is -0.385 e. The molecule has 2 aromatic rings. The highest BCUT2D eigenvalue weighted by molar-refractivity contribution is 5.97. The van der Waals surface area contributed by atoms with Crippen molar-refractivity contribution in [2.45, 2.75) is 25.8 Å². The molecule has 4 heteroatoms. The molecule has 1 heterocycles. The first-order valence-electron chi connectivity index (χ1n) is 7.97. The van der Waals surface area contributed by atoms with Crippen LogP contribution in [-0.2, 0) is 6.42 Å². The molecule has 120 valence electrons. The highest BCUT2D eigenvalue weighted by Gasteiger charge is 2.24. The highest BCUT2D eigenvalue weighted by atomic mass is 19.1. The number of rotatable bonds is 3. The summed E-state index contributed by atoms with van der Waals surface area (Å²) in [4.78, 5) is 14.5. The van der Waals surface area contributed by atoms with Gasteiger partial charge in [0, 0.05) is 30.4 Å². The molecular formula is C19H21FN2O. The van der Waals surface area contributed by atoms with E-state index in [0.717, 1.165) is 30.6 Å². The molecule has 0 saturated heterocycles. The molecule has 0 radical (unpaired) electrons. The standard InChI is InChI=1S/C19H21FN2O/c1-13(14-7-3-4-10-17(14)20)22(2)19(23)16-8-5-11-18-15(16)9-6-12-21-18/h3-5,7-8,10-11,13,21H,6,9,12H2,1-2H3. The monoisotopic (exact) mass is 312 g/mol. The van der Waals surface area contributed by atoms with E-state index in [1.807, 2.05) is 25.1 Å². The molecule has 0 aromatic heterocycles. The third-order valence-electron chi connectivity index (χ3n) is 4.58. The number of benzene rings is 2. The van der Waals surface area contributed by atoms with Crippen molar-refractivity contribution in [3.63, 3.8) is 0 Å². The fourth-order valence-electron chi connectivity index (χ4n) is 3.10. The Morgan fingerprint density at radius 2 is 2.00 bits per heavy atom. The normalized spacial score (nSPS) is 14.6. The van der Waals surface area contributed by atoms with Crippen LogP contribution in [0.25, 0.3) is 0 Å². The number of carbonyl (C=O) groups excluding carboxylic acids is 1. The first-order valence-corrected chi connectivity index (χ1v) is 7.97. The molecule has 0 aliphatic carbocycles. The molecule has 1 atom stereocenters. The molecule has 1 unspecified atom stereocenters. The molecule has 23 heavy (non-hydrogen) atoms. The summed E-state index contributed by atoms with van der Waals surface area (Å²) in [6, 6.07) is 12.0. The average molecular weight is 312 g/mol. The quantitative estimate of drug-likeness (QED) is 0.928. The SMILES string of the molecule is CC(c1ccccc1F)N(C)C(=O)c1cccc2c1CCCN2. The second kappa shape index (κ2) is 6.41. The van der Waals surface area contributed by atoms with Crippen molar-refractivity contribution in [3.05, 3.63) is 65.0 Å². The van der Waals surface area contributed by atoms with Crippen LogP contribution >= 0.6 is 0 Å². The maximum absolute atomic E-state index is 14.0. The Balaban J connectivity index is 1.90. The zero-order valence-electron chi connectivity index (χ0n) is 13.5. The number of nitrogens with zero attached hydrogens (tertiary/aromatic N) is 1. The van der Waals surface area contributed by atoms with Gasteiger partial charge in [-0.2, -0.15) is 0 Å². The molecule has 1 amide bonds. The van der Waals surface area contributed by atoms with Crippen LogP contribution in [-0.4, -0.2) is 24.4 Å². The minimum absolute atomic E-state index is 0.0682. The minimum atomic E-state index is -0.323. The van der Waals surface area contributed by atoms with Crippen LogP contribution in [0.3, 0.4) is 0 Å². The van der Waals surface area contributed by atoms with Gasteiger partial charge in [0.05, 0.1) is 6.04 Å². The summed E-state index contributed by atoms with van der Waals surface area (Å²) >= 11 is 0. The summed E-state index contributed by atoms with van der Waals surface area (Å²) in [5, 5.41) is 3.34. The Bertz CT molecular complexity index is 729. The Morgan fingerprint density at radius 1 is 1.22 bits per heavy atom. The third kappa shape index (κ3) is 2.93. The second-order valence-electron chi connectivity index (χ2n) is 5.98. The Morgan fingerprint density at radius 3 is 2.78 bits per heavy atom. The smallest absolute Gasteiger partial charge is 0.254 e. The van der Waals surface area contributed by atoms with Crippen molar-refractivity contribution in [1.29, 1.82) is 0 Å². The van der Waals surface area contributed by atoms with Gasteiger partial charge in [0.2, 0.25) is 0 Å². The topological polar surface area (TPSA) is 32.3 Å². The molecule has 3 rings (SSSR count). The Hall–Kier alpha value is -2.36. The lowest BCUT2D eigenvalue weighted by atomic mass is 9.96. The van der Waals surface area contributed by atoms with Crippen molar-refractivity contribution in [2.24, 2.45) is 0 Å². The van der Waals surface area contributed by atoms with E-state index in [2.05, 4.69) is 5.32 Å². The lowest BCUT2D eigenvalue weighted by molar-refractivity contribution is 0.0739. The second-order valence-corrected chi connectivity index (χ2v) is 5.98. The van der Waals surface area contributed by atoms with E-state index >= 15 is 0 Å². The maximum atomic E-state index is 14.0. The van der Waals surface area contributed by atoms with E-state index in [1.54, 1.807) is 30.1 Å². The molecule has 0 bridgehead atoms. The van der Waals surface area contributed by atoms with Gasteiger partial charge in [0.1, 0.15) is 5.82 Å². The molecule has 1 aliphatic rings. The van der Waals surface area contributed by atoms with Crippen molar-refractivity contribution >= 4 is 11.6 Å². The van der Waals surface area contributed by atoms with Crippen LogP contribution in [0.15, 0.2) is 42.5 Å². The fraction of sp³-hybridized carbons (Fsp3) is 0.316. The molecule has 1 N–H and O–H groups in total. The molecule has 1 aliphatic heterocycles. The van der Waals surface area contributed by atoms with Gasteiger partial charge in [-0.25, -0.2) is 4.39 Å². The number of fused-ring (bicyclic) bond motifs is 1. The summed E-state index contributed by atoms with van der Waals surface area (Å²) < 4.78 is 14.0. The zero-order valence-corrected chi connectivity index (χ0v) is 13.5. The highest BCUT2D eigenvalue weighted by Crippen LogP contribution is 2.29. The largest absolute Gasteiger partial charge is 0.385 e. The van der Waals surface area contributed by atoms with E-state index in [4.69, 9.17) is 0 Å². The van der Waals surface area contributed by atoms with Gasteiger partial charge in [-0.3, -0.25) is 4.79 Å². The summed E-state index contributed by atoms with van der Waals surface area (Å²) in [7, 11) is 1.73. The van der Waals surface area contributed by atoms with Gasteiger partial charge in [0.25, 0.3) is 5.91 Å². The zero-order chi connectivity index (χ0) is 16.4. The molecular weight excluding hydrogens is 291 g/mol. The third-order valence-corrected chi connectivity index (χ3v) is 4.58. The Labute approximate surface area is 136 Å². The van der Waals surface area contributed by atoms with Crippen LogP contribution < -0.4 is 5.32 Å². The van der Waals surface area contributed by atoms with E-state index in [0.29, 0.717) is 11.1 Å². The van der Waals surface area contributed by atoms with E-state index in [9.17, 15) is 9.18 Å². The van der Waals surface area contributed by atoms with Gasteiger partial charge < -0.3 is 10.2 Å². The fourth-order valence-corrected chi connectivity index (χ4v) is 3.10. The Kier molecular flexibility index (Phi) is 4.33. The van der Waals surface area contributed by atoms with Crippen LogP contribution in [0.2, 0.25) is 0 Å². The number of amides is 1. The van der Waals surface area contributed by atoms with Crippen LogP contribution in [0.5, 0.6) is 0 Å². The van der Waals surface area contributed by atoms with Gasteiger partial charge in [0.15, 0.2) is 0 Å². The van der Waals surface area contributed by atoms with E-state index in [1.165, 1.54) is 6.07 Å². The van der Waals surface area contributed by atoms with Crippen LogP contribution in [0.1, 0.15) is 40.9 Å². The summed E-state index contributed by atoms with van der Waals surface area (Å²) in [6.45, 7) is 2.79. The predicted octanol–water partition coefficient (Wildman–Crippen LogP) is 4.02. The molecule has 2 aromatic carbocycles. The lowest BCUT2D eigenvalue weighted by Gasteiger charge is -2.28. The predicted molar refractivity (Wildman–Crippen MR) is 90.2 cm³/mol. The first kappa shape index (κ1) is 15.5. The van der Waals surface area contributed by atoms with Crippen molar-refractivity contribution in [3.8, 4) is 0 Å². The molecule has 0 fully saturated rings. The molecule has 3 nitrogen and oxygen atoms in total. The van der Waals surface area contributed by atoms with Gasteiger partial charge in [-0.05, 0) is 43.5 Å². The summed E-state index contributed by atoms with van der Waals surface area (Å²) in [5.41, 5.74) is 3.34. The van der Waals surface area contributed by atoms with Crippen molar-refractivity contribution in [2.75, 3.05) is 18.9 Å². The van der Waals surface area contributed by atoms with Crippen molar-refractivity contribution < 1.29 is 9.18 Å². The number of halogens is 1. The van der Waals surface area contributed by atoms with E-state index in [-0.39, 0.29) is 17.8 Å². The lowest BCUT2D eigenvalue weighted by Crippen LogP contribution is -2.31. The molecule has 0 saturated carbocycles. The van der Waals surface area contributed by atoms with Gasteiger partial charge in [-0.1, -0.05) is 24.3 Å². The van der Waals surface area contributed by atoms with Gasteiger partial charge in [-0.15, -0.1) is 0 Å². The number of nitrogens with one attached hydrogen (secondary N) is 1. The number of anilines is 1. The van der Waals surface area contributed by atoms with Crippen LogP contribution in [0, 0.1) is 5.82 Å². The number of hydrogen-bond acceptors (Lipinski definition) is 2. The first-order chi connectivity index (χ1) is 11.1. The van der Waals surface area contributed by atoms with Crippen molar-refractivity contribution in [1.82, 2.24) is 4.90 Å². The van der Waals surface area contributed by atoms with Crippen LogP contribution in [0.4, 0.5) is 10.1 Å². The molecule has 0 spiro atoms. The average Bonchev–Trinajstić information content (AvgIpc) is 2.60. The number of carbonyl (C=O) groups is 1. The van der Waals surface area contributed by atoms with Gasteiger partial charge >= 0.3 is 0 Å². The van der Waals surface area contributed by atoms with E-state index < -0.39 is 0 Å².